The van der Waals surface area contributed by atoms with Crippen LogP contribution in [0.25, 0.3) is 0 Å². The minimum Gasteiger partial charge on any atom is -0.493 e. The lowest BCUT2D eigenvalue weighted by molar-refractivity contribution is -0.118. The van der Waals surface area contributed by atoms with E-state index in [1.165, 1.54) is 18.4 Å². The van der Waals surface area contributed by atoms with E-state index in [2.05, 4.69) is 46.2 Å². The Morgan fingerprint density at radius 1 is 1.03 bits per heavy atom. The van der Waals surface area contributed by atoms with E-state index in [1.807, 2.05) is 12.1 Å². The van der Waals surface area contributed by atoms with Crippen LogP contribution in [0, 0.1) is 0 Å². The number of hydrogen-bond acceptors (Lipinski definition) is 5. The largest absolute Gasteiger partial charge is 0.493 e. The Kier molecular flexibility index (Phi) is 7.13. The summed E-state index contributed by atoms with van der Waals surface area (Å²) >= 11 is 0. The fourth-order valence-corrected chi connectivity index (χ4v) is 4.84. The summed E-state index contributed by atoms with van der Waals surface area (Å²) in [7, 11) is 1.70. The highest BCUT2D eigenvalue weighted by Crippen LogP contribution is 2.35. The number of piperazine rings is 1. The molecule has 0 aromatic heterocycles. The van der Waals surface area contributed by atoms with E-state index in [4.69, 9.17) is 9.47 Å². The maximum absolute atomic E-state index is 11.9. The number of ether oxygens (including phenoxy) is 2. The van der Waals surface area contributed by atoms with Gasteiger partial charge >= 0.3 is 0 Å². The van der Waals surface area contributed by atoms with Crippen LogP contribution in [0.1, 0.15) is 38.2 Å². The van der Waals surface area contributed by atoms with Crippen molar-refractivity contribution in [2.75, 3.05) is 38.2 Å². The van der Waals surface area contributed by atoms with Gasteiger partial charge in [-0.05, 0) is 56.7 Å². The summed E-state index contributed by atoms with van der Waals surface area (Å²) in [6, 6.07) is 17.1. The van der Waals surface area contributed by atoms with Crippen molar-refractivity contribution < 1.29 is 14.3 Å². The average molecular weight is 423 g/mol. The SMILES string of the molecule is COc1ccc(N2CCN(CC(C)=O)C(Cc3ccccc3)C2)cc1OC1CCCC1. The molecular weight excluding hydrogens is 388 g/mol. The van der Waals surface area contributed by atoms with Crippen molar-refractivity contribution in [1.82, 2.24) is 4.90 Å². The molecule has 0 bridgehead atoms. The molecule has 1 aliphatic heterocycles. The maximum atomic E-state index is 11.9. The molecule has 1 heterocycles. The molecule has 0 radical (unpaired) electrons. The van der Waals surface area contributed by atoms with Crippen LogP contribution in [0.4, 0.5) is 5.69 Å². The van der Waals surface area contributed by atoms with Gasteiger partial charge in [-0.2, -0.15) is 0 Å². The number of hydrogen-bond donors (Lipinski definition) is 0. The van der Waals surface area contributed by atoms with E-state index in [1.54, 1.807) is 14.0 Å². The molecule has 1 atom stereocenters. The summed E-state index contributed by atoms with van der Waals surface area (Å²) in [5.74, 6) is 1.87. The van der Waals surface area contributed by atoms with Crippen LogP contribution in [-0.4, -0.2) is 56.1 Å². The van der Waals surface area contributed by atoms with Crippen molar-refractivity contribution in [2.45, 2.75) is 51.2 Å². The number of carbonyl (C=O) groups is 1. The summed E-state index contributed by atoms with van der Waals surface area (Å²) in [5.41, 5.74) is 2.47. The van der Waals surface area contributed by atoms with Gasteiger partial charge in [0.1, 0.15) is 5.78 Å². The predicted octanol–water partition coefficient (Wildman–Crippen LogP) is 4.34. The molecule has 2 aromatic rings. The average Bonchev–Trinajstić information content (AvgIpc) is 3.28. The highest BCUT2D eigenvalue weighted by Gasteiger charge is 2.29. The summed E-state index contributed by atoms with van der Waals surface area (Å²) < 4.78 is 11.9. The van der Waals surface area contributed by atoms with Crippen LogP contribution >= 0.6 is 0 Å². The Morgan fingerprint density at radius 2 is 1.81 bits per heavy atom. The van der Waals surface area contributed by atoms with E-state index < -0.39 is 0 Å². The number of carbonyl (C=O) groups excluding carboxylic acids is 1. The highest BCUT2D eigenvalue weighted by atomic mass is 16.5. The van der Waals surface area contributed by atoms with E-state index in [0.29, 0.717) is 18.7 Å². The third-order valence-electron chi connectivity index (χ3n) is 6.45. The van der Waals surface area contributed by atoms with Gasteiger partial charge in [0.15, 0.2) is 11.5 Å². The first-order chi connectivity index (χ1) is 15.1. The van der Waals surface area contributed by atoms with Crippen molar-refractivity contribution in [1.29, 1.82) is 0 Å². The topological polar surface area (TPSA) is 42.0 Å². The van der Waals surface area contributed by atoms with E-state index in [-0.39, 0.29) is 5.78 Å². The zero-order valence-electron chi connectivity index (χ0n) is 18.8. The molecule has 1 saturated heterocycles. The number of ketones is 1. The van der Waals surface area contributed by atoms with Gasteiger partial charge in [0, 0.05) is 37.4 Å². The van der Waals surface area contributed by atoms with Crippen LogP contribution in [0.2, 0.25) is 0 Å². The Bertz CT molecular complexity index is 864. The Labute approximate surface area is 185 Å². The molecule has 1 saturated carbocycles. The molecule has 2 aromatic carbocycles. The molecule has 0 spiro atoms. The van der Waals surface area contributed by atoms with Crippen molar-refractivity contribution in [2.24, 2.45) is 0 Å². The van der Waals surface area contributed by atoms with Crippen molar-refractivity contribution >= 4 is 11.5 Å². The molecule has 1 aliphatic carbocycles. The summed E-state index contributed by atoms with van der Waals surface area (Å²) in [5, 5.41) is 0. The Balaban J connectivity index is 1.52. The van der Waals surface area contributed by atoms with Crippen molar-refractivity contribution in [3.63, 3.8) is 0 Å². The monoisotopic (exact) mass is 422 g/mol. The molecule has 31 heavy (non-hydrogen) atoms. The van der Waals surface area contributed by atoms with E-state index >= 15 is 0 Å². The minimum absolute atomic E-state index is 0.225. The molecule has 5 heteroatoms. The van der Waals surface area contributed by atoms with Crippen LogP contribution < -0.4 is 14.4 Å². The van der Waals surface area contributed by atoms with Gasteiger partial charge in [0.05, 0.1) is 19.8 Å². The molecule has 4 rings (SSSR count). The van der Waals surface area contributed by atoms with E-state index in [9.17, 15) is 4.79 Å². The number of rotatable bonds is 8. The van der Waals surface area contributed by atoms with Gasteiger partial charge < -0.3 is 14.4 Å². The highest BCUT2D eigenvalue weighted by molar-refractivity contribution is 5.77. The van der Waals surface area contributed by atoms with Gasteiger partial charge in [0.25, 0.3) is 0 Å². The van der Waals surface area contributed by atoms with Gasteiger partial charge in [0.2, 0.25) is 0 Å². The first-order valence-corrected chi connectivity index (χ1v) is 11.5. The zero-order valence-corrected chi connectivity index (χ0v) is 18.8. The minimum atomic E-state index is 0.225. The second-order valence-corrected chi connectivity index (χ2v) is 8.82. The number of nitrogens with zero attached hydrogens (tertiary/aromatic N) is 2. The second-order valence-electron chi connectivity index (χ2n) is 8.82. The summed E-state index contributed by atoms with van der Waals surface area (Å²) in [6.07, 6.45) is 5.96. The third kappa shape index (κ3) is 5.59. The molecule has 166 valence electrons. The first kappa shape index (κ1) is 21.7. The lowest BCUT2D eigenvalue weighted by atomic mass is 10.0. The summed E-state index contributed by atoms with van der Waals surface area (Å²) in [6.45, 7) is 4.86. The Morgan fingerprint density at radius 3 is 2.52 bits per heavy atom. The zero-order chi connectivity index (χ0) is 21.6. The fourth-order valence-electron chi connectivity index (χ4n) is 4.84. The molecule has 1 unspecified atom stereocenters. The molecule has 0 amide bonds. The molecule has 5 nitrogen and oxygen atoms in total. The smallest absolute Gasteiger partial charge is 0.163 e. The fraction of sp³-hybridized carbons (Fsp3) is 0.500. The predicted molar refractivity (Wildman–Crippen MR) is 124 cm³/mol. The van der Waals surface area contributed by atoms with Crippen molar-refractivity contribution in [3.05, 3.63) is 54.1 Å². The molecule has 0 N–H and O–H groups in total. The lowest BCUT2D eigenvalue weighted by Gasteiger charge is -2.42. The summed E-state index contributed by atoms with van der Waals surface area (Å²) in [4.78, 5) is 16.6. The van der Waals surface area contributed by atoms with Gasteiger partial charge in [-0.15, -0.1) is 0 Å². The standard InChI is InChI=1S/C26H34N2O3/c1-20(29)18-27-14-15-28(19-23(27)16-21-8-4-3-5-9-21)22-12-13-25(30-2)26(17-22)31-24-10-6-7-11-24/h3-5,8-9,12-13,17,23-24H,6-7,10-11,14-16,18-19H2,1-2H3. The van der Waals surface area contributed by atoms with Gasteiger partial charge in [-0.3, -0.25) is 9.69 Å². The van der Waals surface area contributed by atoms with Crippen molar-refractivity contribution in [3.8, 4) is 11.5 Å². The van der Waals surface area contributed by atoms with Crippen LogP contribution in [0.5, 0.6) is 11.5 Å². The van der Waals surface area contributed by atoms with Gasteiger partial charge in [-0.25, -0.2) is 0 Å². The van der Waals surface area contributed by atoms with Gasteiger partial charge in [-0.1, -0.05) is 30.3 Å². The number of benzene rings is 2. The maximum Gasteiger partial charge on any atom is 0.163 e. The van der Waals surface area contributed by atoms with Crippen LogP contribution in [0.3, 0.4) is 0 Å². The second kappa shape index (κ2) is 10.2. The molecule has 2 aliphatic rings. The van der Waals surface area contributed by atoms with E-state index in [0.717, 1.165) is 56.1 Å². The first-order valence-electron chi connectivity index (χ1n) is 11.5. The van der Waals surface area contributed by atoms with Crippen LogP contribution in [-0.2, 0) is 11.2 Å². The number of Topliss-reactive ketones (excluding diaryl/α,β-unsaturated/α-hetero) is 1. The molecular formula is C26H34N2O3. The normalized spacial score (nSPS) is 20.1. The quantitative estimate of drug-likeness (QED) is 0.633. The third-order valence-corrected chi connectivity index (χ3v) is 6.45. The number of methoxy groups -OCH3 is 1. The lowest BCUT2D eigenvalue weighted by Crippen LogP contribution is -2.55. The molecule has 2 fully saturated rings. The van der Waals surface area contributed by atoms with Crippen LogP contribution in [0.15, 0.2) is 48.5 Å². The Hall–Kier alpha value is -2.53. The number of anilines is 1.